The van der Waals surface area contributed by atoms with Crippen LogP contribution in [0.3, 0.4) is 0 Å². The topological polar surface area (TPSA) is 64.7 Å². The molecule has 0 aliphatic carbocycles. The molecule has 0 atom stereocenters. The molecular formula is C12H11BrF3N5O. The van der Waals surface area contributed by atoms with Crippen molar-refractivity contribution in [2.24, 2.45) is 0 Å². The third-order valence-electron chi connectivity index (χ3n) is 3.18. The first kappa shape index (κ1) is 15.1. The number of carbonyl (C=O) groups is 1. The number of anilines is 1. The van der Waals surface area contributed by atoms with Crippen LogP contribution in [0.4, 0.5) is 19.0 Å². The van der Waals surface area contributed by atoms with Gasteiger partial charge >= 0.3 is 6.18 Å². The summed E-state index contributed by atoms with van der Waals surface area (Å²) in [7, 11) is 0. The number of rotatable bonds is 3. The second-order valence-corrected chi connectivity index (χ2v) is 5.79. The van der Waals surface area contributed by atoms with E-state index in [1.807, 2.05) is 0 Å². The Morgan fingerprint density at radius 1 is 1.41 bits per heavy atom. The Bertz CT molecular complexity index is 699. The molecule has 0 unspecified atom stereocenters. The molecular weight excluding hydrogens is 367 g/mol. The average Bonchev–Trinajstić information content (AvgIpc) is 3.01. The zero-order valence-electron chi connectivity index (χ0n) is 11.2. The number of carbonyl (C=O) groups excluding carboxylic acids is 1. The highest BCUT2D eigenvalue weighted by Crippen LogP contribution is 2.22. The van der Waals surface area contributed by atoms with Crippen molar-refractivity contribution in [2.45, 2.75) is 32.1 Å². The smallest absolute Gasteiger partial charge is 0.304 e. The summed E-state index contributed by atoms with van der Waals surface area (Å²) in [4.78, 5) is 12.1. The van der Waals surface area contributed by atoms with Gasteiger partial charge < -0.3 is 5.32 Å². The maximum absolute atomic E-state index is 12.3. The summed E-state index contributed by atoms with van der Waals surface area (Å²) < 4.78 is 39.7. The van der Waals surface area contributed by atoms with Crippen molar-refractivity contribution < 1.29 is 18.0 Å². The summed E-state index contributed by atoms with van der Waals surface area (Å²) in [5.74, 6) is -0.235. The van der Waals surface area contributed by atoms with Crippen LogP contribution in [-0.4, -0.2) is 31.6 Å². The molecule has 2 aromatic heterocycles. The molecule has 3 heterocycles. The molecule has 2 aromatic rings. The molecule has 3 rings (SSSR count). The minimum absolute atomic E-state index is 0.114. The lowest BCUT2D eigenvalue weighted by Gasteiger charge is -2.05. The summed E-state index contributed by atoms with van der Waals surface area (Å²) in [6, 6.07) is 1.76. The molecule has 6 nitrogen and oxygen atoms in total. The van der Waals surface area contributed by atoms with Crippen molar-refractivity contribution in [3.8, 4) is 0 Å². The van der Waals surface area contributed by atoms with E-state index < -0.39 is 18.6 Å². The number of amides is 1. The van der Waals surface area contributed by atoms with E-state index in [0.29, 0.717) is 10.5 Å². The molecule has 0 fully saturated rings. The van der Waals surface area contributed by atoms with Crippen LogP contribution in [0.1, 0.15) is 22.6 Å². The van der Waals surface area contributed by atoms with Gasteiger partial charge in [0, 0.05) is 24.5 Å². The lowest BCUT2D eigenvalue weighted by atomic mass is 10.3. The molecule has 1 aliphatic rings. The first-order valence-electron chi connectivity index (χ1n) is 6.49. The van der Waals surface area contributed by atoms with Crippen LogP contribution in [0, 0.1) is 0 Å². The van der Waals surface area contributed by atoms with E-state index in [-0.39, 0.29) is 10.2 Å². The van der Waals surface area contributed by atoms with E-state index in [1.165, 1.54) is 0 Å². The Hall–Kier alpha value is -1.84. The molecule has 1 aliphatic heterocycles. The van der Waals surface area contributed by atoms with Gasteiger partial charge in [0.2, 0.25) is 0 Å². The summed E-state index contributed by atoms with van der Waals surface area (Å²) >= 11 is 3.05. The van der Waals surface area contributed by atoms with Gasteiger partial charge in [-0.1, -0.05) is 0 Å². The highest BCUT2D eigenvalue weighted by molar-refractivity contribution is 9.10. The number of nitrogens with one attached hydrogen (secondary N) is 1. The second-order valence-electron chi connectivity index (χ2n) is 4.94. The Kier molecular flexibility index (Phi) is 3.71. The monoisotopic (exact) mass is 377 g/mol. The quantitative estimate of drug-likeness (QED) is 0.893. The van der Waals surface area contributed by atoms with E-state index in [9.17, 15) is 18.0 Å². The van der Waals surface area contributed by atoms with E-state index in [0.717, 1.165) is 31.3 Å². The van der Waals surface area contributed by atoms with Gasteiger partial charge in [0.25, 0.3) is 5.91 Å². The largest absolute Gasteiger partial charge is 0.408 e. The molecule has 1 amide bonds. The number of alkyl halides is 3. The summed E-state index contributed by atoms with van der Waals surface area (Å²) in [5, 5.41) is 10.4. The number of fused-ring (bicyclic) bond motifs is 1. The van der Waals surface area contributed by atoms with Gasteiger partial charge in [0.15, 0.2) is 11.5 Å². The van der Waals surface area contributed by atoms with Crippen molar-refractivity contribution in [1.29, 1.82) is 0 Å². The van der Waals surface area contributed by atoms with Crippen molar-refractivity contribution in [3.05, 3.63) is 28.1 Å². The van der Waals surface area contributed by atoms with Gasteiger partial charge in [-0.25, -0.2) is 0 Å². The lowest BCUT2D eigenvalue weighted by Crippen LogP contribution is -2.19. The van der Waals surface area contributed by atoms with Crippen LogP contribution in [-0.2, 0) is 19.5 Å². The summed E-state index contributed by atoms with van der Waals surface area (Å²) in [6.07, 6.45) is -1.36. The number of hydrogen-bond donors (Lipinski definition) is 1. The number of hydrogen-bond acceptors (Lipinski definition) is 3. The number of halogens is 4. The van der Waals surface area contributed by atoms with Crippen LogP contribution in [0.25, 0.3) is 0 Å². The molecule has 22 heavy (non-hydrogen) atoms. The normalized spacial score (nSPS) is 14.2. The second kappa shape index (κ2) is 5.41. The van der Waals surface area contributed by atoms with Gasteiger partial charge in [-0.15, -0.1) is 0 Å². The summed E-state index contributed by atoms with van der Waals surface area (Å²) in [5.41, 5.74) is 0.911. The predicted molar refractivity (Wildman–Crippen MR) is 74.5 cm³/mol. The maximum atomic E-state index is 12.3. The zero-order valence-corrected chi connectivity index (χ0v) is 12.8. The molecule has 0 saturated carbocycles. The predicted octanol–water partition coefficient (Wildman–Crippen LogP) is 2.60. The van der Waals surface area contributed by atoms with Crippen molar-refractivity contribution in [2.75, 3.05) is 5.32 Å². The molecule has 0 aromatic carbocycles. The van der Waals surface area contributed by atoms with E-state index >= 15 is 0 Å². The van der Waals surface area contributed by atoms with Crippen molar-refractivity contribution in [3.63, 3.8) is 0 Å². The van der Waals surface area contributed by atoms with Crippen LogP contribution in [0.15, 0.2) is 16.7 Å². The van der Waals surface area contributed by atoms with Gasteiger partial charge in [-0.05, 0) is 28.8 Å². The van der Waals surface area contributed by atoms with Crippen molar-refractivity contribution >= 4 is 27.7 Å². The SMILES string of the molecule is O=C(Nc1cc2n(n1)CCC2)c1nn(CC(F)(F)F)cc1Br. The van der Waals surface area contributed by atoms with E-state index in [4.69, 9.17) is 0 Å². The Morgan fingerprint density at radius 3 is 2.86 bits per heavy atom. The highest BCUT2D eigenvalue weighted by Gasteiger charge is 2.29. The molecule has 0 spiro atoms. The third-order valence-corrected chi connectivity index (χ3v) is 3.76. The van der Waals surface area contributed by atoms with Gasteiger partial charge in [-0.3, -0.25) is 14.2 Å². The van der Waals surface area contributed by atoms with Crippen LogP contribution in [0.2, 0.25) is 0 Å². The minimum Gasteiger partial charge on any atom is -0.304 e. The van der Waals surface area contributed by atoms with Gasteiger partial charge in [-0.2, -0.15) is 23.4 Å². The maximum Gasteiger partial charge on any atom is 0.408 e. The van der Waals surface area contributed by atoms with Gasteiger partial charge in [0.1, 0.15) is 6.54 Å². The summed E-state index contributed by atoms with van der Waals surface area (Å²) in [6.45, 7) is -0.452. The van der Waals surface area contributed by atoms with Crippen molar-refractivity contribution in [1.82, 2.24) is 19.6 Å². The standard InChI is InChI=1S/C12H11BrF3N5O/c13-8-5-20(6-12(14,15)16)19-10(8)11(22)17-9-4-7-2-1-3-21(7)18-9/h4-5H,1-3,6H2,(H,17,18,22). The van der Waals surface area contributed by atoms with Crippen LogP contribution < -0.4 is 5.32 Å². The molecule has 0 radical (unpaired) electrons. The molecule has 10 heteroatoms. The fraction of sp³-hybridized carbons (Fsp3) is 0.417. The Labute approximate surface area is 131 Å². The number of nitrogens with zero attached hydrogens (tertiary/aromatic N) is 4. The average molecular weight is 378 g/mol. The van der Waals surface area contributed by atoms with Crippen LogP contribution >= 0.6 is 15.9 Å². The molecule has 0 bridgehead atoms. The first-order chi connectivity index (χ1) is 10.3. The fourth-order valence-corrected chi connectivity index (χ4v) is 2.81. The van der Waals surface area contributed by atoms with Crippen LogP contribution in [0.5, 0.6) is 0 Å². The zero-order chi connectivity index (χ0) is 15.9. The third kappa shape index (κ3) is 3.16. The Morgan fingerprint density at radius 2 is 2.18 bits per heavy atom. The highest BCUT2D eigenvalue weighted by atomic mass is 79.9. The minimum atomic E-state index is -4.40. The number of aryl methyl sites for hydroxylation is 2. The van der Waals surface area contributed by atoms with E-state index in [2.05, 4.69) is 31.4 Å². The lowest BCUT2D eigenvalue weighted by molar-refractivity contribution is -0.142. The molecule has 1 N–H and O–H groups in total. The first-order valence-corrected chi connectivity index (χ1v) is 7.29. The fourth-order valence-electron chi connectivity index (χ4n) is 2.31. The van der Waals surface area contributed by atoms with E-state index in [1.54, 1.807) is 10.7 Å². The van der Waals surface area contributed by atoms with Gasteiger partial charge in [0.05, 0.1) is 4.47 Å². The molecule has 118 valence electrons. The molecule has 0 saturated heterocycles. The Balaban J connectivity index is 1.74. The number of aromatic nitrogens is 4.